The van der Waals surface area contributed by atoms with E-state index in [1.54, 1.807) is 0 Å². The Bertz CT molecular complexity index is 383. The Morgan fingerprint density at radius 1 is 1.39 bits per heavy atom. The summed E-state index contributed by atoms with van der Waals surface area (Å²) >= 11 is 0. The summed E-state index contributed by atoms with van der Waals surface area (Å²) in [6.07, 6.45) is -0.403. The van der Waals surface area contributed by atoms with E-state index in [9.17, 15) is 4.79 Å². The predicted molar refractivity (Wildman–Crippen MR) is 69.0 cm³/mol. The molecule has 0 spiro atoms. The minimum absolute atomic E-state index is 0.0761. The molecule has 5 heteroatoms. The van der Waals surface area contributed by atoms with Crippen LogP contribution < -0.4 is 11.1 Å². The SMILES string of the molecule is NCCN(Cc1ccccc1)CC1CNC(=O)O1. The second-order valence-electron chi connectivity index (χ2n) is 4.42. The lowest BCUT2D eigenvalue weighted by Gasteiger charge is -2.23. The molecule has 1 heterocycles. The number of alkyl carbamates (subject to hydrolysis) is 1. The van der Waals surface area contributed by atoms with Crippen LogP contribution in [0.1, 0.15) is 5.56 Å². The van der Waals surface area contributed by atoms with Crippen LogP contribution in [0.15, 0.2) is 30.3 Å². The third-order valence-electron chi connectivity index (χ3n) is 2.90. The Hall–Kier alpha value is -1.59. The summed E-state index contributed by atoms with van der Waals surface area (Å²) < 4.78 is 5.14. The molecule has 0 radical (unpaired) electrons. The van der Waals surface area contributed by atoms with Crippen LogP contribution in [0.4, 0.5) is 4.79 Å². The van der Waals surface area contributed by atoms with Crippen molar-refractivity contribution in [1.29, 1.82) is 0 Å². The molecule has 0 bridgehead atoms. The zero-order chi connectivity index (χ0) is 12.8. The van der Waals surface area contributed by atoms with Gasteiger partial charge < -0.3 is 15.8 Å². The summed E-state index contributed by atoms with van der Waals surface area (Å²) in [4.78, 5) is 13.2. The van der Waals surface area contributed by atoms with Crippen LogP contribution in [0.5, 0.6) is 0 Å². The molecule has 18 heavy (non-hydrogen) atoms. The number of amides is 1. The lowest BCUT2D eigenvalue weighted by molar-refractivity contribution is 0.107. The fraction of sp³-hybridized carbons (Fsp3) is 0.462. The molecule has 1 aromatic rings. The Labute approximate surface area is 107 Å². The molecule has 1 aromatic carbocycles. The number of ether oxygens (including phenoxy) is 1. The van der Waals surface area contributed by atoms with Gasteiger partial charge in [0.25, 0.3) is 0 Å². The molecule has 1 aliphatic rings. The van der Waals surface area contributed by atoms with E-state index < -0.39 is 0 Å². The number of benzene rings is 1. The number of nitrogens with zero attached hydrogens (tertiary/aromatic N) is 1. The average molecular weight is 249 g/mol. The highest BCUT2D eigenvalue weighted by atomic mass is 16.6. The lowest BCUT2D eigenvalue weighted by atomic mass is 10.2. The van der Waals surface area contributed by atoms with Gasteiger partial charge in [-0.3, -0.25) is 4.90 Å². The first-order chi connectivity index (χ1) is 8.78. The zero-order valence-electron chi connectivity index (χ0n) is 10.3. The van der Waals surface area contributed by atoms with E-state index in [0.717, 1.165) is 13.1 Å². The number of carbonyl (C=O) groups excluding carboxylic acids is 1. The smallest absolute Gasteiger partial charge is 0.407 e. The summed E-state index contributed by atoms with van der Waals surface area (Å²) in [6, 6.07) is 10.2. The second-order valence-corrected chi connectivity index (χ2v) is 4.42. The van der Waals surface area contributed by atoms with Gasteiger partial charge >= 0.3 is 6.09 Å². The number of nitrogens with one attached hydrogen (secondary N) is 1. The van der Waals surface area contributed by atoms with Gasteiger partial charge in [0.05, 0.1) is 6.54 Å². The maximum Gasteiger partial charge on any atom is 0.407 e. The number of hydrogen-bond donors (Lipinski definition) is 2. The molecule has 3 N–H and O–H groups in total. The van der Waals surface area contributed by atoms with Gasteiger partial charge in [0.15, 0.2) is 0 Å². The van der Waals surface area contributed by atoms with Crippen LogP contribution in [-0.2, 0) is 11.3 Å². The van der Waals surface area contributed by atoms with Crippen LogP contribution >= 0.6 is 0 Å². The summed E-state index contributed by atoms with van der Waals surface area (Å²) in [5.41, 5.74) is 6.86. The van der Waals surface area contributed by atoms with Crippen LogP contribution in [0.3, 0.4) is 0 Å². The van der Waals surface area contributed by atoms with Crippen molar-refractivity contribution in [3.63, 3.8) is 0 Å². The van der Waals surface area contributed by atoms with E-state index in [4.69, 9.17) is 10.5 Å². The van der Waals surface area contributed by atoms with Crippen LogP contribution in [-0.4, -0.2) is 43.3 Å². The molecular weight excluding hydrogens is 230 g/mol. The predicted octanol–water partition coefficient (Wildman–Crippen LogP) is 0.556. The van der Waals surface area contributed by atoms with Crippen molar-refractivity contribution >= 4 is 6.09 Å². The first-order valence-electron chi connectivity index (χ1n) is 6.19. The van der Waals surface area contributed by atoms with Gasteiger partial charge in [0.2, 0.25) is 0 Å². The summed E-state index contributed by atoms with van der Waals surface area (Å²) in [5, 5.41) is 2.66. The highest BCUT2D eigenvalue weighted by Crippen LogP contribution is 2.08. The number of rotatable bonds is 6. The molecule has 0 saturated carbocycles. The quantitative estimate of drug-likeness (QED) is 0.773. The van der Waals surface area contributed by atoms with Gasteiger partial charge in [-0.15, -0.1) is 0 Å². The zero-order valence-corrected chi connectivity index (χ0v) is 10.3. The van der Waals surface area contributed by atoms with Crippen molar-refractivity contribution < 1.29 is 9.53 Å². The Balaban J connectivity index is 1.89. The summed E-state index contributed by atoms with van der Waals surface area (Å²) in [5.74, 6) is 0. The van der Waals surface area contributed by atoms with Gasteiger partial charge in [-0.1, -0.05) is 30.3 Å². The highest BCUT2D eigenvalue weighted by molar-refractivity contribution is 5.69. The van der Waals surface area contributed by atoms with E-state index in [0.29, 0.717) is 19.6 Å². The first kappa shape index (κ1) is 12.9. The molecule has 0 aliphatic carbocycles. The van der Waals surface area contributed by atoms with Crippen molar-refractivity contribution in [2.24, 2.45) is 5.73 Å². The molecule has 1 unspecified atom stereocenters. The molecule has 1 fully saturated rings. The van der Waals surface area contributed by atoms with E-state index in [-0.39, 0.29) is 12.2 Å². The molecule has 0 aromatic heterocycles. The molecule has 98 valence electrons. The van der Waals surface area contributed by atoms with Crippen molar-refractivity contribution in [3.8, 4) is 0 Å². The highest BCUT2D eigenvalue weighted by Gasteiger charge is 2.24. The molecule has 1 atom stereocenters. The maximum absolute atomic E-state index is 11.0. The van der Waals surface area contributed by atoms with Crippen molar-refractivity contribution in [3.05, 3.63) is 35.9 Å². The molecule has 1 amide bonds. The third kappa shape index (κ3) is 3.72. The lowest BCUT2D eigenvalue weighted by Crippen LogP contribution is -2.37. The van der Waals surface area contributed by atoms with Crippen LogP contribution in [0.25, 0.3) is 0 Å². The fourth-order valence-electron chi connectivity index (χ4n) is 2.08. The van der Waals surface area contributed by atoms with E-state index in [2.05, 4.69) is 22.3 Å². The normalized spacial score (nSPS) is 18.8. The van der Waals surface area contributed by atoms with Crippen molar-refractivity contribution in [2.75, 3.05) is 26.2 Å². The van der Waals surface area contributed by atoms with E-state index in [1.807, 2.05) is 18.2 Å². The molecule has 2 rings (SSSR count). The fourth-order valence-corrected chi connectivity index (χ4v) is 2.08. The molecular formula is C13H19N3O2. The number of carbonyl (C=O) groups is 1. The van der Waals surface area contributed by atoms with Gasteiger partial charge in [-0.05, 0) is 5.56 Å². The largest absolute Gasteiger partial charge is 0.443 e. The maximum atomic E-state index is 11.0. The standard InChI is InChI=1S/C13H19N3O2/c14-6-7-16(9-11-4-2-1-3-5-11)10-12-8-15-13(17)18-12/h1-5,12H,6-10,14H2,(H,15,17). The van der Waals surface area contributed by atoms with E-state index >= 15 is 0 Å². The Morgan fingerprint density at radius 3 is 2.78 bits per heavy atom. The minimum atomic E-state index is -0.326. The Kier molecular flexibility index (Phi) is 4.55. The van der Waals surface area contributed by atoms with Crippen molar-refractivity contribution in [1.82, 2.24) is 10.2 Å². The third-order valence-corrected chi connectivity index (χ3v) is 2.90. The molecule has 1 aliphatic heterocycles. The molecule has 5 nitrogen and oxygen atoms in total. The summed E-state index contributed by atoms with van der Waals surface area (Å²) in [7, 11) is 0. The number of cyclic esters (lactones) is 1. The van der Waals surface area contributed by atoms with Gasteiger partial charge in [0.1, 0.15) is 6.10 Å². The van der Waals surface area contributed by atoms with Gasteiger partial charge in [-0.2, -0.15) is 0 Å². The average Bonchev–Trinajstić information content (AvgIpc) is 2.76. The number of nitrogens with two attached hydrogens (primary N) is 1. The van der Waals surface area contributed by atoms with Gasteiger partial charge in [-0.25, -0.2) is 4.79 Å². The monoisotopic (exact) mass is 249 g/mol. The van der Waals surface area contributed by atoms with Crippen LogP contribution in [0.2, 0.25) is 0 Å². The van der Waals surface area contributed by atoms with Gasteiger partial charge in [0, 0.05) is 26.2 Å². The first-order valence-corrected chi connectivity index (χ1v) is 6.19. The van der Waals surface area contributed by atoms with E-state index in [1.165, 1.54) is 5.56 Å². The number of hydrogen-bond acceptors (Lipinski definition) is 4. The van der Waals surface area contributed by atoms with Crippen LogP contribution in [0, 0.1) is 0 Å². The summed E-state index contributed by atoms with van der Waals surface area (Å²) in [6.45, 7) is 3.51. The topological polar surface area (TPSA) is 67.6 Å². The van der Waals surface area contributed by atoms with Crippen molar-refractivity contribution in [2.45, 2.75) is 12.6 Å². The Morgan fingerprint density at radius 2 is 2.17 bits per heavy atom. The second kappa shape index (κ2) is 6.37. The minimum Gasteiger partial charge on any atom is -0.443 e. The molecule has 1 saturated heterocycles.